The van der Waals surface area contributed by atoms with Crippen LogP contribution in [0.5, 0.6) is 0 Å². The number of hydrogen-bond donors (Lipinski definition) is 0. The molecule has 0 heterocycles. The average Bonchev–Trinajstić information content (AvgIpc) is 2.17. The molecule has 80 valence electrons. The highest BCUT2D eigenvalue weighted by Crippen LogP contribution is 2.11. The van der Waals surface area contributed by atoms with E-state index in [4.69, 9.17) is 0 Å². The molecule has 0 aliphatic heterocycles. The van der Waals surface area contributed by atoms with E-state index in [0.717, 1.165) is 5.56 Å². The topological polar surface area (TPSA) is 57.2 Å². The molecule has 0 N–H and O–H groups in total. The van der Waals surface area contributed by atoms with Gasteiger partial charge in [-0.3, -0.25) is 4.79 Å². The number of ketones is 1. The first kappa shape index (κ1) is 11.4. The van der Waals surface area contributed by atoms with Gasteiger partial charge in [0.25, 0.3) is 0 Å². The standard InChI is InChI=1S/C12H14O3/c1-9-5-2-3-6-10(9)11(13)7-4-8-12(14)15/h2-3,5-6H,4,7-8H2,1H3,(H,14,15)/p-1. The highest BCUT2D eigenvalue weighted by molar-refractivity contribution is 5.97. The summed E-state index contributed by atoms with van der Waals surface area (Å²) in [6, 6.07) is 7.30. The summed E-state index contributed by atoms with van der Waals surface area (Å²) in [6.45, 7) is 1.87. The molecule has 3 heteroatoms. The van der Waals surface area contributed by atoms with Crippen LogP contribution in [0.3, 0.4) is 0 Å². The van der Waals surface area contributed by atoms with Gasteiger partial charge in [-0.1, -0.05) is 24.3 Å². The largest absolute Gasteiger partial charge is 0.550 e. The Morgan fingerprint density at radius 3 is 2.47 bits per heavy atom. The summed E-state index contributed by atoms with van der Waals surface area (Å²) in [6.07, 6.45) is 0.548. The molecule has 0 unspecified atom stereocenters. The summed E-state index contributed by atoms with van der Waals surface area (Å²) < 4.78 is 0. The summed E-state index contributed by atoms with van der Waals surface area (Å²) in [5, 5.41) is 10.2. The van der Waals surface area contributed by atoms with Crippen molar-refractivity contribution in [3.8, 4) is 0 Å². The molecule has 1 aromatic carbocycles. The summed E-state index contributed by atoms with van der Waals surface area (Å²) in [5.41, 5.74) is 1.60. The molecule has 0 aromatic heterocycles. The second kappa shape index (κ2) is 5.29. The summed E-state index contributed by atoms with van der Waals surface area (Å²) in [5.74, 6) is -1.11. The highest BCUT2D eigenvalue weighted by atomic mass is 16.4. The van der Waals surface area contributed by atoms with Gasteiger partial charge >= 0.3 is 0 Å². The number of carboxylic acid groups (broad SMARTS) is 1. The Morgan fingerprint density at radius 1 is 1.20 bits per heavy atom. The number of aryl methyl sites for hydroxylation is 1. The predicted octanol–water partition coefficient (Wildman–Crippen LogP) is 1.10. The second-order valence-corrected chi connectivity index (χ2v) is 3.46. The van der Waals surface area contributed by atoms with Crippen LogP contribution in [0.4, 0.5) is 0 Å². The number of carbonyl (C=O) groups is 2. The van der Waals surface area contributed by atoms with E-state index in [-0.39, 0.29) is 18.6 Å². The average molecular weight is 205 g/mol. The molecule has 0 atom stereocenters. The lowest BCUT2D eigenvalue weighted by atomic mass is 10.0. The van der Waals surface area contributed by atoms with Crippen molar-refractivity contribution in [1.29, 1.82) is 0 Å². The van der Waals surface area contributed by atoms with Crippen molar-refractivity contribution < 1.29 is 14.7 Å². The number of aliphatic carboxylic acids is 1. The molecule has 0 radical (unpaired) electrons. The Bertz CT molecular complexity index is 369. The first-order chi connectivity index (χ1) is 7.11. The van der Waals surface area contributed by atoms with Crippen LogP contribution in [0, 0.1) is 6.92 Å². The zero-order valence-corrected chi connectivity index (χ0v) is 8.66. The molecule has 0 saturated heterocycles. The summed E-state index contributed by atoms with van der Waals surface area (Å²) in [7, 11) is 0. The van der Waals surface area contributed by atoms with E-state index < -0.39 is 5.97 Å². The SMILES string of the molecule is Cc1ccccc1C(=O)CCCC(=O)[O-]. The smallest absolute Gasteiger partial charge is 0.163 e. The van der Waals surface area contributed by atoms with Crippen LogP contribution in [0.15, 0.2) is 24.3 Å². The lowest BCUT2D eigenvalue weighted by Gasteiger charge is -2.04. The third-order valence-electron chi connectivity index (χ3n) is 2.23. The summed E-state index contributed by atoms with van der Waals surface area (Å²) >= 11 is 0. The fourth-order valence-electron chi connectivity index (χ4n) is 1.41. The van der Waals surface area contributed by atoms with Crippen molar-refractivity contribution in [3.63, 3.8) is 0 Å². The number of Topliss-reactive ketones (excluding diaryl/α,β-unsaturated/α-hetero) is 1. The van der Waals surface area contributed by atoms with E-state index in [1.807, 2.05) is 19.1 Å². The Kier molecular flexibility index (Phi) is 4.03. The van der Waals surface area contributed by atoms with E-state index >= 15 is 0 Å². The van der Waals surface area contributed by atoms with Gasteiger partial charge in [-0.2, -0.15) is 0 Å². The lowest BCUT2D eigenvalue weighted by molar-refractivity contribution is -0.305. The van der Waals surface area contributed by atoms with E-state index in [1.54, 1.807) is 12.1 Å². The van der Waals surface area contributed by atoms with Crippen LogP contribution >= 0.6 is 0 Å². The van der Waals surface area contributed by atoms with Crippen LogP contribution in [-0.2, 0) is 4.79 Å². The van der Waals surface area contributed by atoms with Gasteiger partial charge in [-0.15, -0.1) is 0 Å². The van der Waals surface area contributed by atoms with Crippen molar-refractivity contribution in [2.75, 3.05) is 0 Å². The monoisotopic (exact) mass is 205 g/mol. The maximum absolute atomic E-state index is 11.6. The molecular formula is C12H13O3-. The minimum atomic E-state index is -1.10. The van der Waals surface area contributed by atoms with Gasteiger partial charge < -0.3 is 9.90 Å². The number of rotatable bonds is 5. The minimum Gasteiger partial charge on any atom is -0.550 e. The van der Waals surface area contributed by atoms with Gasteiger partial charge in [0.1, 0.15) is 0 Å². The van der Waals surface area contributed by atoms with E-state index in [9.17, 15) is 14.7 Å². The second-order valence-electron chi connectivity index (χ2n) is 3.46. The Hall–Kier alpha value is -1.64. The molecule has 0 amide bonds. The molecule has 0 aliphatic rings. The molecular weight excluding hydrogens is 192 g/mol. The fraction of sp³-hybridized carbons (Fsp3) is 0.333. The van der Waals surface area contributed by atoms with Crippen LogP contribution in [-0.4, -0.2) is 11.8 Å². The van der Waals surface area contributed by atoms with Crippen molar-refractivity contribution in [2.45, 2.75) is 26.2 Å². The highest BCUT2D eigenvalue weighted by Gasteiger charge is 2.07. The quantitative estimate of drug-likeness (QED) is 0.676. The Balaban J connectivity index is 2.54. The van der Waals surface area contributed by atoms with Gasteiger partial charge in [-0.05, 0) is 25.3 Å². The summed E-state index contributed by atoms with van der Waals surface area (Å²) in [4.78, 5) is 21.8. The number of carbonyl (C=O) groups excluding carboxylic acids is 2. The number of benzene rings is 1. The molecule has 0 spiro atoms. The van der Waals surface area contributed by atoms with Crippen LogP contribution in [0.1, 0.15) is 35.2 Å². The van der Waals surface area contributed by atoms with Gasteiger partial charge in [0.05, 0.1) is 0 Å². The number of carboxylic acids is 1. The predicted molar refractivity (Wildman–Crippen MR) is 54.4 cm³/mol. The van der Waals surface area contributed by atoms with E-state index in [2.05, 4.69) is 0 Å². The van der Waals surface area contributed by atoms with Crippen molar-refractivity contribution in [2.24, 2.45) is 0 Å². The molecule has 0 aliphatic carbocycles. The van der Waals surface area contributed by atoms with Crippen LogP contribution in [0.2, 0.25) is 0 Å². The fourth-order valence-corrected chi connectivity index (χ4v) is 1.41. The Morgan fingerprint density at radius 2 is 1.87 bits per heavy atom. The van der Waals surface area contributed by atoms with Crippen molar-refractivity contribution in [1.82, 2.24) is 0 Å². The van der Waals surface area contributed by atoms with Crippen molar-refractivity contribution in [3.05, 3.63) is 35.4 Å². The molecule has 0 fully saturated rings. The molecule has 3 nitrogen and oxygen atoms in total. The zero-order chi connectivity index (χ0) is 11.3. The third kappa shape index (κ3) is 3.54. The van der Waals surface area contributed by atoms with Crippen LogP contribution < -0.4 is 5.11 Å². The lowest BCUT2D eigenvalue weighted by Crippen LogP contribution is -2.21. The molecule has 1 aromatic rings. The minimum absolute atomic E-state index is 0.00523. The normalized spacial score (nSPS) is 9.93. The molecule has 0 bridgehead atoms. The van der Waals surface area contributed by atoms with Crippen molar-refractivity contribution >= 4 is 11.8 Å². The van der Waals surface area contributed by atoms with Crippen LogP contribution in [0.25, 0.3) is 0 Å². The van der Waals surface area contributed by atoms with Gasteiger partial charge in [0, 0.05) is 18.0 Å². The first-order valence-electron chi connectivity index (χ1n) is 4.90. The van der Waals surface area contributed by atoms with Gasteiger partial charge in [0.2, 0.25) is 0 Å². The zero-order valence-electron chi connectivity index (χ0n) is 8.66. The third-order valence-corrected chi connectivity index (χ3v) is 2.23. The first-order valence-corrected chi connectivity index (χ1v) is 4.90. The molecule has 0 saturated carbocycles. The molecule has 1 rings (SSSR count). The Labute approximate surface area is 88.7 Å². The van der Waals surface area contributed by atoms with E-state index in [1.165, 1.54) is 0 Å². The number of hydrogen-bond acceptors (Lipinski definition) is 3. The van der Waals surface area contributed by atoms with Gasteiger partial charge in [-0.25, -0.2) is 0 Å². The molecule has 15 heavy (non-hydrogen) atoms. The van der Waals surface area contributed by atoms with Gasteiger partial charge in [0.15, 0.2) is 5.78 Å². The maximum atomic E-state index is 11.6. The maximum Gasteiger partial charge on any atom is 0.163 e. The van der Waals surface area contributed by atoms with E-state index in [0.29, 0.717) is 12.0 Å².